The second kappa shape index (κ2) is 29.8. The lowest BCUT2D eigenvalue weighted by Gasteiger charge is -2.25. The van der Waals surface area contributed by atoms with E-state index in [1.54, 1.807) is 0 Å². The lowest BCUT2D eigenvalue weighted by Crippen LogP contribution is -2.40. The highest BCUT2D eigenvalue weighted by Gasteiger charge is 2.65. The van der Waals surface area contributed by atoms with Crippen molar-refractivity contribution in [3.8, 4) is 17.2 Å². The minimum absolute atomic E-state index is 0.00586. The smallest absolute Gasteiger partial charge is 0.344 e. The molecule has 4 saturated heterocycles. The molecule has 9 aromatic rings. The van der Waals surface area contributed by atoms with Gasteiger partial charge in [-0.3, -0.25) is 9.59 Å². The molecule has 2 saturated carbocycles. The highest BCUT2D eigenvalue weighted by atomic mass is 32.2. The van der Waals surface area contributed by atoms with Crippen molar-refractivity contribution in [2.24, 2.45) is 23.7 Å². The summed E-state index contributed by atoms with van der Waals surface area (Å²) in [6.07, 6.45) is -0.0206. The van der Waals surface area contributed by atoms with Gasteiger partial charge in [-0.15, -0.1) is 0 Å². The number of ether oxygens (including phenoxy) is 8. The van der Waals surface area contributed by atoms with E-state index >= 15 is 0 Å². The summed E-state index contributed by atoms with van der Waals surface area (Å²) in [7, 11) is -0.749. The van der Waals surface area contributed by atoms with Crippen molar-refractivity contribution < 1.29 is 67.0 Å². The number of carboxylic acid groups (broad SMARTS) is 1. The van der Waals surface area contributed by atoms with Crippen LogP contribution in [-0.2, 0) is 80.3 Å². The van der Waals surface area contributed by atoms with Crippen molar-refractivity contribution in [3.63, 3.8) is 0 Å². The monoisotopic (exact) mass is 1370 g/mol. The van der Waals surface area contributed by atoms with Crippen LogP contribution < -0.4 is 14.2 Å². The largest absolute Gasteiger partial charge is 0.481 e. The summed E-state index contributed by atoms with van der Waals surface area (Å²) in [6.45, 7) is 11.2. The summed E-state index contributed by atoms with van der Waals surface area (Å²) in [5.41, 5.74) is 5.77. The van der Waals surface area contributed by atoms with Gasteiger partial charge in [-0.1, -0.05) is 109 Å². The second-order valence-corrected chi connectivity index (χ2v) is 31.5. The molecule has 2 aliphatic carbocycles. The molecule has 500 valence electrons. The predicted molar refractivity (Wildman–Crippen MR) is 373 cm³/mol. The van der Waals surface area contributed by atoms with Crippen LogP contribution in [0.1, 0.15) is 52.6 Å². The van der Waals surface area contributed by atoms with E-state index in [2.05, 4.69) is 182 Å². The zero-order chi connectivity index (χ0) is 68.1. The third kappa shape index (κ3) is 14.5. The van der Waals surface area contributed by atoms with Crippen LogP contribution in [0.5, 0.6) is 17.2 Å². The van der Waals surface area contributed by atoms with Crippen LogP contribution in [0.3, 0.4) is 0 Å². The standard InChI is InChI=1S/C30H29O5S.C29H27O6S.C22H20O3S/c1-18-13-23(36(21-9-5-3-6-10-21)22-11-7-4-8-12-22)14-19(2)27(18)33-17-26(31)34-28-20-15-24-25(16-20)30(32)35-29(24)28;1-17-13-21(36(19-9-5-3-6-10-19)20-11-7-4-8-12-20)14-18(2)25(17)32-16-24(30)34-27-23-15-22-26(33-23)28(27)35-29(22)31;1-16-13-20(14-17(2)22(16)25-15-21(23)24)26(18-9-5-3-6-10-18)19-11-7-4-8-12-19/h3-14,20,24-25,28-29H,15-17H2,1-2H3;3-14,22-23,26-28H,15-16H2,1-2H3;3-14H,15H2,1-2H3/q2*+1;/p+1. The fourth-order valence-corrected chi connectivity index (χ4v) is 21.3. The van der Waals surface area contributed by atoms with Crippen molar-refractivity contribution in [1.29, 1.82) is 0 Å². The van der Waals surface area contributed by atoms with Gasteiger partial charge in [-0.25, -0.2) is 14.4 Å². The number of hydrogen-bond acceptors (Lipinski definition) is 13. The van der Waals surface area contributed by atoms with Crippen molar-refractivity contribution in [1.82, 2.24) is 0 Å². The second-order valence-electron chi connectivity index (χ2n) is 25.4. The number of rotatable bonds is 20. The Morgan fingerprint density at radius 2 is 0.704 bits per heavy atom. The van der Waals surface area contributed by atoms with Gasteiger partial charge in [-0.2, -0.15) is 0 Å². The van der Waals surface area contributed by atoms with E-state index in [1.165, 1.54) is 44.1 Å². The Morgan fingerprint density at radius 3 is 1.05 bits per heavy atom. The van der Waals surface area contributed by atoms with Crippen molar-refractivity contribution in [2.75, 3.05) is 19.8 Å². The zero-order valence-electron chi connectivity index (χ0n) is 55.3. The van der Waals surface area contributed by atoms with E-state index in [1.807, 2.05) is 77.9 Å². The van der Waals surface area contributed by atoms with Gasteiger partial charge in [0, 0.05) is 48.2 Å². The van der Waals surface area contributed by atoms with E-state index in [-0.39, 0.29) is 113 Å². The molecule has 6 fully saturated rings. The Labute approximate surface area is 580 Å². The molecule has 0 aromatic heterocycles. The molecule has 0 radical (unpaired) electrons. The number of carboxylic acids is 1. The first kappa shape index (κ1) is 67.3. The minimum atomic E-state index is -0.971. The summed E-state index contributed by atoms with van der Waals surface area (Å²) in [5, 5.41) is 8.87. The van der Waals surface area contributed by atoms with Crippen LogP contribution in [0.15, 0.2) is 262 Å². The lowest BCUT2D eigenvalue weighted by molar-refractivity contribution is -0.163. The number of fused-ring (bicyclic) bond motifs is 2. The van der Waals surface area contributed by atoms with Crippen LogP contribution in [0.4, 0.5) is 0 Å². The Balaban J connectivity index is 0.000000134. The van der Waals surface area contributed by atoms with Crippen LogP contribution in [0.2, 0.25) is 0 Å². The quantitative estimate of drug-likeness (QED) is 0.0433. The van der Waals surface area contributed by atoms with Crippen molar-refractivity contribution in [3.05, 3.63) is 252 Å². The number of aliphatic carboxylic acids is 1. The number of esters is 4. The number of carbonyl (C=O) groups is 5. The molecule has 9 aromatic carbocycles. The molecule has 14 nitrogen and oxygen atoms in total. The van der Waals surface area contributed by atoms with E-state index in [0.29, 0.717) is 23.7 Å². The molecule has 4 heterocycles. The number of benzene rings is 9. The normalized spacial score (nSPS) is 21.8. The van der Waals surface area contributed by atoms with Gasteiger partial charge >= 0.3 is 29.8 Å². The van der Waals surface area contributed by atoms with Gasteiger partial charge in [-0.05, 0) is 167 Å². The van der Waals surface area contributed by atoms with Gasteiger partial charge in [0.2, 0.25) is 0 Å². The minimum Gasteiger partial charge on any atom is -0.481 e. The molecular formula is C81H77O14S3+3. The van der Waals surface area contributed by atoms with Gasteiger partial charge in [0.1, 0.15) is 35.6 Å². The van der Waals surface area contributed by atoms with Crippen LogP contribution >= 0.6 is 0 Å². The number of hydrogen-bond donors (Lipinski definition) is 1. The Kier molecular flexibility index (Phi) is 20.5. The predicted octanol–water partition coefficient (Wildman–Crippen LogP) is 14.5. The molecule has 4 bridgehead atoms. The molecule has 15 rings (SSSR count). The third-order valence-corrected chi connectivity index (χ3v) is 25.2. The van der Waals surface area contributed by atoms with E-state index in [9.17, 15) is 24.0 Å². The van der Waals surface area contributed by atoms with Gasteiger partial charge < -0.3 is 43.0 Å². The average molecular weight is 1370 g/mol. The van der Waals surface area contributed by atoms with Gasteiger partial charge in [0.15, 0.2) is 76.1 Å². The molecule has 4 aliphatic heterocycles. The first-order chi connectivity index (χ1) is 47.5. The molecule has 0 amide bonds. The first-order valence-corrected chi connectivity index (χ1v) is 36.6. The van der Waals surface area contributed by atoms with Crippen molar-refractivity contribution in [2.45, 2.75) is 141 Å². The average Bonchev–Trinajstić information content (AvgIpc) is 1.54. The highest BCUT2D eigenvalue weighted by molar-refractivity contribution is 7.97. The maximum Gasteiger partial charge on any atom is 0.344 e. The van der Waals surface area contributed by atoms with Gasteiger partial charge in [0.05, 0.1) is 50.6 Å². The van der Waals surface area contributed by atoms with Crippen LogP contribution in [-0.4, -0.2) is 91.4 Å². The summed E-state index contributed by atoms with van der Waals surface area (Å²) in [4.78, 5) is 71.1. The van der Waals surface area contributed by atoms with Crippen LogP contribution in [0, 0.1) is 65.2 Å². The molecule has 6 aliphatic rings. The number of aryl methyl sites for hydroxylation is 6. The van der Waals surface area contributed by atoms with Crippen molar-refractivity contribution >= 4 is 62.5 Å². The lowest BCUT2D eigenvalue weighted by atomic mass is 9.88. The summed E-state index contributed by atoms with van der Waals surface area (Å²) < 4.78 is 45.5. The fraction of sp³-hybridized carbons (Fsp3) is 0.272. The molecule has 0 spiro atoms. The van der Waals surface area contributed by atoms with E-state index in [0.717, 1.165) is 46.2 Å². The fourth-order valence-electron chi connectivity index (χ4n) is 14.5. The molecule has 98 heavy (non-hydrogen) atoms. The van der Waals surface area contributed by atoms with E-state index in [4.69, 9.17) is 43.0 Å². The molecule has 10 atom stereocenters. The Bertz CT molecular complexity index is 3960. The molecular weight excluding hydrogens is 1290 g/mol. The SMILES string of the molecule is Cc1cc([S+](c2ccccc2)c2ccccc2)cc(C)c1OCC(=O)O.Cc1cc([S+](c2ccccc2)c2ccccc2)cc(C)c1OCC(=O)OC1C2CC3C(=O)OC1C3C2.Cc1cc([S+](c2ccccc2)c2ccccc2)cc(C)c1OCC(=O)OC1C2CC3C(=O)OC1C3O2. The Morgan fingerprint density at radius 1 is 0.388 bits per heavy atom. The molecule has 1 N–H and O–H groups in total. The first-order valence-electron chi connectivity index (χ1n) is 33.0. The zero-order valence-corrected chi connectivity index (χ0v) is 57.7. The maximum absolute atomic E-state index is 12.7. The molecule has 17 heteroatoms. The Hall–Kier alpha value is -9.26. The van der Waals surface area contributed by atoms with Crippen LogP contribution in [0.25, 0.3) is 0 Å². The summed E-state index contributed by atoms with van der Waals surface area (Å²) >= 11 is 0. The summed E-state index contributed by atoms with van der Waals surface area (Å²) in [5.74, 6) is 0.00277. The molecule has 10 unspecified atom stereocenters. The number of carbonyl (C=O) groups excluding carboxylic acids is 4. The topological polar surface area (TPSA) is 179 Å². The maximum atomic E-state index is 12.7. The highest BCUT2D eigenvalue weighted by Crippen LogP contribution is 2.56. The van der Waals surface area contributed by atoms with E-state index < -0.39 is 30.1 Å². The van der Waals surface area contributed by atoms with Gasteiger partial charge in [0.25, 0.3) is 0 Å². The third-order valence-electron chi connectivity index (χ3n) is 18.6. The summed E-state index contributed by atoms with van der Waals surface area (Å²) in [6, 6.07) is 75.6.